The van der Waals surface area contributed by atoms with Crippen LogP contribution in [0.3, 0.4) is 0 Å². The van der Waals surface area contributed by atoms with Crippen molar-refractivity contribution >= 4 is 5.97 Å². The second kappa shape index (κ2) is 7.99. The molecular weight excluding hydrogens is 252 g/mol. The molecule has 1 unspecified atom stereocenters. The van der Waals surface area contributed by atoms with Crippen LogP contribution in [0.2, 0.25) is 0 Å². The third-order valence-electron chi connectivity index (χ3n) is 5.17. The molecule has 116 valence electrons. The third-order valence-corrected chi connectivity index (χ3v) is 5.17. The molecule has 0 spiro atoms. The normalized spacial score (nSPS) is 27.4. The average molecular weight is 282 g/mol. The van der Waals surface area contributed by atoms with Crippen molar-refractivity contribution in [3.63, 3.8) is 0 Å². The maximum atomic E-state index is 10.6. The number of hydrogen-bond donors (Lipinski definition) is 1. The Morgan fingerprint density at radius 1 is 1.10 bits per heavy atom. The van der Waals surface area contributed by atoms with E-state index in [9.17, 15) is 4.79 Å². The molecule has 0 aliphatic carbocycles. The van der Waals surface area contributed by atoms with Gasteiger partial charge < -0.3 is 14.9 Å². The first-order valence-electron chi connectivity index (χ1n) is 8.37. The molecule has 4 nitrogen and oxygen atoms in total. The van der Waals surface area contributed by atoms with Crippen molar-refractivity contribution < 1.29 is 9.90 Å². The molecular formula is C16H30N2O2. The van der Waals surface area contributed by atoms with Crippen LogP contribution in [-0.4, -0.2) is 59.6 Å². The van der Waals surface area contributed by atoms with Crippen LogP contribution in [0.5, 0.6) is 0 Å². The molecule has 0 bridgehead atoms. The minimum Gasteiger partial charge on any atom is -0.481 e. The molecule has 2 rings (SSSR count). The molecule has 1 atom stereocenters. The minimum atomic E-state index is -0.643. The fourth-order valence-electron chi connectivity index (χ4n) is 3.75. The van der Waals surface area contributed by atoms with E-state index in [4.69, 9.17) is 5.11 Å². The van der Waals surface area contributed by atoms with E-state index in [2.05, 4.69) is 16.7 Å². The summed E-state index contributed by atoms with van der Waals surface area (Å²) in [7, 11) is 0. The maximum absolute atomic E-state index is 10.6. The molecule has 2 fully saturated rings. The summed E-state index contributed by atoms with van der Waals surface area (Å²) in [6.07, 6.45) is 7.60. The number of rotatable bonds is 5. The smallest absolute Gasteiger partial charge is 0.303 e. The molecule has 2 aliphatic rings. The van der Waals surface area contributed by atoms with Crippen molar-refractivity contribution in [2.45, 2.75) is 57.9 Å². The number of carboxylic acid groups (broad SMARTS) is 1. The van der Waals surface area contributed by atoms with Gasteiger partial charge >= 0.3 is 5.97 Å². The van der Waals surface area contributed by atoms with Gasteiger partial charge in [-0.15, -0.1) is 0 Å². The summed E-state index contributed by atoms with van der Waals surface area (Å²) in [6.45, 7) is 8.32. The molecule has 0 saturated carbocycles. The summed E-state index contributed by atoms with van der Waals surface area (Å²) in [5.74, 6) is -0.00359. The largest absolute Gasteiger partial charge is 0.481 e. The van der Waals surface area contributed by atoms with Crippen LogP contribution in [0.15, 0.2) is 0 Å². The number of carbonyl (C=O) groups is 1. The summed E-state index contributed by atoms with van der Waals surface area (Å²) < 4.78 is 0. The van der Waals surface area contributed by atoms with Gasteiger partial charge in [-0.25, -0.2) is 0 Å². The summed E-state index contributed by atoms with van der Waals surface area (Å²) >= 11 is 0. The van der Waals surface area contributed by atoms with E-state index >= 15 is 0 Å². The van der Waals surface area contributed by atoms with E-state index in [0.717, 1.165) is 12.5 Å². The van der Waals surface area contributed by atoms with E-state index in [1.807, 2.05) is 0 Å². The highest BCUT2D eigenvalue weighted by atomic mass is 16.4. The zero-order valence-electron chi connectivity index (χ0n) is 12.9. The first kappa shape index (κ1) is 15.8. The standard InChI is InChI=1S/C16H30N2O2/c1-2-17-10-3-4-15(9-11-17)18-12-7-14(8-13-18)5-6-16(19)20/h14-15H,2-13H2,1H3,(H,19,20). The topological polar surface area (TPSA) is 43.8 Å². The Labute approximate surface area is 123 Å². The van der Waals surface area contributed by atoms with Crippen LogP contribution < -0.4 is 0 Å². The lowest BCUT2D eigenvalue weighted by Gasteiger charge is -2.37. The fraction of sp³-hybridized carbons (Fsp3) is 0.938. The number of nitrogens with zero attached hydrogens (tertiary/aromatic N) is 2. The molecule has 1 N–H and O–H groups in total. The molecule has 0 aromatic rings. The number of likely N-dealkylation sites (tertiary alicyclic amines) is 2. The van der Waals surface area contributed by atoms with E-state index in [-0.39, 0.29) is 0 Å². The van der Waals surface area contributed by atoms with Crippen LogP contribution in [-0.2, 0) is 4.79 Å². The van der Waals surface area contributed by atoms with Crippen LogP contribution in [0, 0.1) is 5.92 Å². The van der Waals surface area contributed by atoms with Gasteiger partial charge in [0.25, 0.3) is 0 Å². The zero-order chi connectivity index (χ0) is 14.4. The van der Waals surface area contributed by atoms with Crippen LogP contribution in [0.25, 0.3) is 0 Å². The Morgan fingerprint density at radius 3 is 2.50 bits per heavy atom. The summed E-state index contributed by atoms with van der Waals surface area (Å²) in [5.41, 5.74) is 0. The molecule has 20 heavy (non-hydrogen) atoms. The maximum Gasteiger partial charge on any atom is 0.303 e. The van der Waals surface area contributed by atoms with Gasteiger partial charge in [0, 0.05) is 12.5 Å². The lowest BCUT2D eigenvalue weighted by molar-refractivity contribution is -0.137. The predicted octanol–water partition coefficient (Wildman–Crippen LogP) is 2.44. The highest BCUT2D eigenvalue weighted by molar-refractivity contribution is 5.66. The van der Waals surface area contributed by atoms with Crippen molar-refractivity contribution in [3.05, 3.63) is 0 Å². The summed E-state index contributed by atoms with van der Waals surface area (Å²) in [6, 6.07) is 0.770. The van der Waals surface area contributed by atoms with E-state index < -0.39 is 5.97 Å². The SMILES string of the molecule is CCN1CCCC(N2CCC(CCC(=O)O)CC2)CC1. The second-order valence-electron chi connectivity index (χ2n) is 6.43. The van der Waals surface area contributed by atoms with Crippen LogP contribution in [0.4, 0.5) is 0 Å². The van der Waals surface area contributed by atoms with Gasteiger partial charge in [0.1, 0.15) is 0 Å². The van der Waals surface area contributed by atoms with Crippen LogP contribution in [0.1, 0.15) is 51.9 Å². The van der Waals surface area contributed by atoms with Crippen LogP contribution >= 0.6 is 0 Å². The highest BCUT2D eigenvalue weighted by Gasteiger charge is 2.26. The number of hydrogen-bond acceptors (Lipinski definition) is 3. The quantitative estimate of drug-likeness (QED) is 0.841. The molecule has 2 heterocycles. The van der Waals surface area contributed by atoms with Gasteiger partial charge in [-0.2, -0.15) is 0 Å². The van der Waals surface area contributed by atoms with Crippen molar-refractivity contribution in [2.24, 2.45) is 5.92 Å². The lowest BCUT2D eigenvalue weighted by Crippen LogP contribution is -2.42. The van der Waals surface area contributed by atoms with Gasteiger partial charge in [0.15, 0.2) is 0 Å². The average Bonchev–Trinajstić information content (AvgIpc) is 2.71. The molecule has 2 aliphatic heterocycles. The zero-order valence-corrected chi connectivity index (χ0v) is 12.9. The first-order valence-corrected chi connectivity index (χ1v) is 8.37. The van der Waals surface area contributed by atoms with Crippen molar-refractivity contribution in [1.29, 1.82) is 0 Å². The van der Waals surface area contributed by atoms with Crippen molar-refractivity contribution in [3.8, 4) is 0 Å². The molecule has 0 radical (unpaired) electrons. The van der Waals surface area contributed by atoms with Gasteiger partial charge in [-0.05, 0) is 77.2 Å². The van der Waals surface area contributed by atoms with E-state index in [0.29, 0.717) is 12.3 Å². The van der Waals surface area contributed by atoms with Crippen molar-refractivity contribution in [2.75, 3.05) is 32.7 Å². The second-order valence-corrected chi connectivity index (χ2v) is 6.43. The Balaban J connectivity index is 1.71. The number of aliphatic carboxylic acids is 1. The Morgan fingerprint density at radius 2 is 1.85 bits per heavy atom. The molecule has 0 aromatic carbocycles. The molecule has 0 aromatic heterocycles. The Kier molecular flexibility index (Phi) is 6.30. The fourth-order valence-corrected chi connectivity index (χ4v) is 3.75. The number of piperidine rings is 1. The lowest BCUT2D eigenvalue weighted by atomic mass is 9.90. The van der Waals surface area contributed by atoms with Gasteiger partial charge in [-0.3, -0.25) is 4.79 Å². The Hall–Kier alpha value is -0.610. The van der Waals surface area contributed by atoms with E-state index in [1.54, 1.807) is 0 Å². The monoisotopic (exact) mass is 282 g/mol. The Bertz CT molecular complexity index is 301. The van der Waals surface area contributed by atoms with Crippen molar-refractivity contribution in [1.82, 2.24) is 9.80 Å². The third kappa shape index (κ3) is 4.74. The molecule has 4 heteroatoms. The summed E-state index contributed by atoms with van der Waals surface area (Å²) in [4.78, 5) is 15.9. The highest BCUT2D eigenvalue weighted by Crippen LogP contribution is 2.26. The summed E-state index contributed by atoms with van der Waals surface area (Å²) in [5, 5.41) is 8.76. The van der Waals surface area contributed by atoms with E-state index in [1.165, 1.54) is 64.8 Å². The predicted molar refractivity (Wildman–Crippen MR) is 80.9 cm³/mol. The molecule has 2 saturated heterocycles. The van der Waals surface area contributed by atoms with Gasteiger partial charge in [-0.1, -0.05) is 6.92 Å². The number of carboxylic acids is 1. The van der Waals surface area contributed by atoms with Gasteiger partial charge in [0.05, 0.1) is 0 Å². The minimum absolute atomic E-state index is 0.347. The molecule has 0 amide bonds. The first-order chi connectivity index (χ1) is 9.69. The van der Waals surface area contributed by atoms with Gasteiger partial charge in [0.2, 0.25) is 0 Å².